The summed E-state index contributed by atoms with van der Waals surface area (Å²) in [6, 6.07) is 13.0. The number of methoxy groups -OCH3 is 1. The molecule has 0 unspecified atom stereocenters. The number of benzene rings is 2. The predicted octanol–water partition coefficient (Wildman–Crippen LogP) is 4.37. The molecule has 1 aromatic heterocycles. The molecule has 3 rings (SSSR count). The summed E-state index contributed by atoms with van der Waals surface area (Å²) in [6.45, 7) is 0.437. The molecule has 0 fully saturated rings. The number of rotatable bonds is 5. The molecular weight excluding hydrogens is 365 g/mol. The molecule has 0 saturated heterocycles. The zero-order valence-electron chi connectivity index (χ0n) is 13.8. The number of alkyl halides is 3. The SMILES string of the molecule is COC(=O)CSc1nc2cc(C(F)(F)F)ccc2n1Cc1ccccc1. The highest BCUT2D eigenvalue weighted by Gasteiger charge is 2.31. The van der Waals surface area contributed by atoms with E-state index >= 15 is 0 Å². The van der Waals surface area contributed by atoms with Gasteiger partial charge < -0.3 is 9.30 Å². The topological polar surface area (TPSA) is 44.1 Å². The molecule has 0 N–H and O–H groups in total. The van der Waals surface area contributed by atoms with Crippen LogP contribution in [0.2, 0.25) is 0 Å². The third-order valence-electron chi connectivity index (χ3n) is 3.77. The van der Waals surface area contributed by atoms with Crippen LogP contribution in [0, 0.1) is 0 Å². The maximum absolute atomic E-state index is 13.0. The Balaban J connectivity index is 2.03. The van der Waals surface area contributed by atoms with E-state index in [1.165, 1.54) is 13.2 Å². The van der Waals surface area contributed by atoms with Gasteiger partial charge in [-0.2, -0.15) is 13.2 Å². The van der Waals surface area contributed by atoms with Crippen molar-refractivity contribution in [1.82, 2.24) is 9.55 Å². The lowest BCUT2D eigenvalue weighted by molar-refractivity contribution is -0.138. The Hall–Kier alpha value is -2.48. The molecule has 0 spiro atoms. The summed E-state index contributed by atoms with van der Waals surface area (Å²) in [4.78, 5) is 15.7. The van der Waals surface area contributed by atoms with Crippen LogP contribution in [0.1, 0.15) is 11.1 Å². The number of carbonyl (C=O) groups is 1. The maximum Gasteiger partial charge on any atom is 0.416 e. The Labute approximate surface area is 152 Å². The van der Waals surface area contributed by atoms with Gasteiger partial charge in [-0.1, -0.05) is 42.1 Å². The van der Waals surface area contributed by atoms with Gasteiger partial charge in [-0.05, 0) is 23.8 Å². The van der Waals surface area contributed by atoms with Crippen molar-refractivity contribution in [2.24, 2.45) is 0 Å². The number of nitrogens with zero attached hydrogens (tertiary/aromatic N) is 2. The molecule has 0 bridgehead atoms. The maximum atomic E-state index is 13.0. The molecule has 0 radical (unpaired) electrons. The third kappa shape index (κ3) is 4.01. The van der Waals surface area contributed by atoms with Gasteiger partial charge in [0.25, 0.3) is 0 Å². The van der Waals surface area contributed by atoms with Crippen molar-refractivity contribution >= 4 is 28.8 Å². The average Bonchev–Trinajstić information content (AvgIpc) is 2.96. The number of hydrogen-bond donors (Lipinski definition) is 0. The number of esters is 1. The van der Waals surface area contributed by atoms with Crippen LogP contribution in [0.5, 0.6) is 0 Å². The first kappa shape index (κ1) is 18.3. The summed E-state index contributed by atoms with van der Waals surface area (Å²) in [5, 5.41) is 0.466. The van der Waals surface area contributed by atoms with E-state index in [1.807, 2.05) is 30.3 Å². The van der Waals surface area contributed by atoms with Crippen molar-refractivity contribution in [3.8, 4) is 0 Å². The van der Waals surface area contributed by atoms with Crippen molar-refractivity contribution in [1.29, 1.82) is 0 Å². The molecule has 1 heterocycles. The molecule has 0 aliphatic rings. The Bertz CT molecular complexity index is 923. The quantitative estimate of drug-likeness (QED) is 0.487. The molecule has 3 aromatic rings. The van der Waals surface area contributed by atoms with Gasteiger partial charge in [-0.3, -0.25) is 4.79 Å². The first-order valence-electron chi connectivity index (χ1n) is 7.69. The van der Waals surface area contributed by atoms with Crippen LogP contribution in [-0.4, -0.2) is 28.4 Å². The van der Waals surface area contributed by atoms with Crippen molar-refractivity contribution < 1.29 is 22.7 Å². The van der Waals surface area contributed by atoms with Gasteiger partial charge in [0.2, 0.25) is 0 Å². The fraction of sp³-hybridized carbons (Fsp3) is 0.222. The summed E-state index contributed by atoms with van der Waals surface area (Å²) >= 11 is 1.13. The molecular formula is C18H15F3N2O2S. The van der Waals surface area contributed by atoms with Gasteiger partial charge in [0.15, 0.2) is 5.16 Å². The van der Waals surface area contributed by atoms with Gasteiger partial charge in [0.1, 0.15) is 0 Å². The summed E-state index contributed by atoms with van der Waals surface area (Å²) in [6.07, 6.45) is -4.43. The molecule has 0 aliphatic carbocycles. The lowest BCUT2D eigenvalue weighted by Gasteiger charge is -2.10. The van der Waals surface area contributed by atoms with Crippen LogP contribution in [0.25, 0.3) is 11.0 Å². The van der Waals surface area contributed by atoms with E-state index in [2.05, 4.69) is 9.72 Å². The summed E-state index contributed by atoms with van der Waals surface area (Å²) in [5.41, 5.74) is 1.04. The largest absolute Gasteiger partial charge is 0.468 e. The fourth-order valence-corrected chi connectivity index (χ4v) is 3.34. The number of thioether (sulfide) groups is 1. The molecule has 0 amide bonds. The summed E-state index contributed by atoms with van der Waals surface area (Å²) < 4.78 is 45.3. The Morgan fingerprint density at radius 1 is 1.19 bits per heavy atom. The average molecular weight is 380 g/mol. The van der Waals surface area contributed by atoms with Crippen LogP contribution >= 0.6 is 11.8 Å². The normalized spacial score (nSPS) is 11.7. The monoisotopic (exact) mass is 380 g/mol. The van der Waals surface area contributed by atoms with Gasteiger partial charge in [0, 0.05) is 0 Å². The highest BCUT2D eigenvalue weighted by Crippen LogP contribution is 2.33. The molecule has 0 atom stereocenters. The second kappa shape index (κ2) is 7.41. The zero-order chi connectivity index (χ0) is 18.7. The first-order chi connectivity index (χ1) is 12.4. The standard InChI is InChI=1S/C18H15F3N2O2S/c1-25-16(24)11-26-17-22-14-9-13(18(19,20)21)7-8-15(14)23(17)10-12-5-3-2-4-6-12/h2-9H,10-11H2,1H3. The molecule has 0 saturated carbocycles. The van der Waals surface area contributed by atoms with E-state index in [-0.39, 0.29) is 11.3 Å². The fourth-order valence-electron chi connectivity index (χ4n) is 2.50. The Morgan fingerprint density at radius 3 is 2.58 bits per heavy atom. The number of imidazole rings is 1. The number of carbonyl (C=O) groups excluding carboxylic acids is 1. The van der Waals surface area contributed by atoms with Crippen molar-refractivity contribution in [3.05, 3.63) is 59.7 Å². The zero-order valence-corrected chi connectivity index (χ0v) is 14.6. The van der Waals surface area contributed by atoms with Gasteiger partial charge >= 0.3 is 12.1 Å². The summed E-state index contributed by atoms with van der Waals surface area (Å²) in [5.74, 6) is -0.398. The molecule has 26 heavy (non-hydrogen) atoms. The lowest BCUT2D eigenvalue weighted by atomic mass is 10.2. The van der Waals surface area contributed by atoms with Crippen LogP contribution in [0.4, 0.5) is 13.2 Å². The minimum absolute atomic E-state index is 0.0285. The smallest absolute Gasteiger partial charge is 0.416 e. The van der Waals surface area contributed by atoms with Crippen molar-refractivity contribution in [3.63, 3.8) is 0 Å². The summed E-state index contributed by atoms with van der Waals surface area (Å²) in [7, 11) is 1.28. The number of hydrogen-bond acceptors (Lipinski definition) is 4. The van der Waals surface area contributed by atoms with E-state index in [4.69, 9.17) is 0 Å². The number of halogens is 3. The van der Waals surface area contributed by atoms with E-state index < -0.39 is 17.7 Å². The number of aromatic nitrogens is 2. The Morgan fingerprint density at radius 2 is 1.92 bits per heavy atom. The minimum Gasteiger partial charge on any atom is -0.468 e. The highest BCUT2D eigenvalue weighted by molar-refractivity contribution is 7.99. The number of ether oxygens (including phenoxy) is 1. The molecule has 8 heteroatoms. The second-order valence-corrected chi connectivity index (χ2v) is 6.47. The second-order valence-electron chi connectivity index (χ2n) is 5.53. The predicted molar refractivity (Wildman–Crippen MR) is 93.0 cm³/mol. The number of fused-ring (bicyclic) bond motifs is 1. The van der Waals surface area contributed by atoms with Gasteiger partial charge in [-0.25, -0.2) is 4.98 Å². The molecule has 136 valence electrons. The van der Waals surface area contributed by atoms with Crippen LogP contribution in [0.15, 0.2) is 53.7 Å². The van der Waals surface area contributed by atoms with Crippen LogP contribution < -0.4 is 0 Å². The van der Waals surface area contributed by atoms with E-state index in [1.54, 1.807) is 4.57 Å². The van der Waals surface area contributed by atoms with Crippen LogP contribution in [-0.2, 0) is 22.3 Å². The van der Waals surface area contributed by atoms with Gasteiger partial charge in [-0.15, -0.1) is 0 Å². The third-order valence-corrected chi connectivity index (χ3v) is 4.72. The highest BCUT2D eigenvalue weighted by atomic mass is 32.2. The Kier molecular flexibility index (Phi) is 5.22. The minimum atomic E-state index is -4.43. The van der Waals surface area contributed by atoms with E-state index in [0.29, 0.717) is 17.2 Å². The van der Waals surface area contributed by atoms with Crippen molar-refractivity contribution in [2.45, 2.75) is 17.9 Å². The van der Waals surface area contributed by atoms with E-state index in [0.717, 1.165) is 29.5 Å². The van der Waals surface area contributed by atoms with Crippen LogP contribution in [0.3, 0.4) is 0 Å². The van der Waals surface area contributed by atoms with Crippen molar-refractivity contribution in [2.75, 3.05) is 12.9 Å². The molecule has 2 aromatic carbocycles. The van der Waals surface area contributed by atoms with Gasteiger partial charge in [0.05, 0.1) is 36.0 Å². The molecule has 0 aliphatic heterocycles. The molecule has 4 nitrogen and oxygen atoms in total. The van der Waals surface area contributed by atoms with E-state index in [9.17, 15) is 18.0 Å². The first-order valence-corrected chi connectivity index (χ1v) is 8.68. The lowest BCUT2D eigenvalue weighted by Crippen LogP contribution is -2.06.